The van der Waals surface area contributed by atoms with Crippen molar-refractivity contribution in [1.82, 2.24) is 0 Å². The van der Waals surface area contributed by atoms with Gasteiger partial charge in [0.2, 0.25) is 0 Å². The van der Waals surface area contributed by atoms with Crippen molar-refractivity contribution in [3.8, 4) is 0 Å². The van der Waals surface area contributed by atoms with E-state index >= 15 is 0 Å². The van der Waals surface area contributed by atoms with Gasteiger partial charge >= 0.3 is 14.2 Å². The van der Waals surface area contributed by atoms with E-state index in [-0.39, 0.29) is 22.3 Å². The molecule has 0 saturated carbocycles. The molecule has 0 unspecified atom stereocenters. The second-order valence-electron chi connectivity index (χ2n) is 2.94. The Labute approximate surface area is 92.3 Å². The van der Waals surface area contributed by atoms with E-state index in [4.69, 9.17) is 33.2 Å². The van der Waals surface area contributed by atoms with E-state index in [9.17, 15) is 0 Å². The largest absolute Gasteiger partial charge is 0.476 e. The van der Waals surface area contributed by atoms with Gasteiger partial charge in [-0.3, -0.25) is 0 Å². The number of hydrogen-bond acceptors (Lipinski definition) is 4. The molecule has 6 nitrogen and oxygen atoms in total. The average molecular weight is 216 g/mol. The summed E-state index contributed by atoms with van der Waals surface area (Å²) in [4.78, 5) is 6.05. The maximum absolute atomic E-state index is 8.98. The molecule has 0 aliphatic rings. The SMILES string of the molecule is [C-]#[N+]c1cc([N+]#[C-])c(B(O)O)cc1B(O)O. The zero-order valence-corrected chi connectivity index (χ0v) is 7.99. The minimum Gasteiger partial charge on any atom is -0.424 e. The first kappa shape index (κ1) is 12.2. The van der Waals surface area contributed by atoms with Crippen LogP contribution in [0.4, 0.5) is 11.4 Å². The standard InChI is InChI=1S/C8H6B2N2O4/c1-11-7-4-8(12-2)6(10(15)16)3-5(7)9(13)14/h3-4,13-16H. The van der Waals surface area contributed by atoms with E-state index in [1.165, 1.54) is 0 Å². The molecule has 0 radical (unpaired) electrons. The lowest BCUT2D eigenvalue weighted by Crippen LogP contribution is -2.38. The smallest absolute Gasteiger partial charge is 0.424 e. The minimum atomic E-state index is -1.90. The second kappa shape index (κ2) is 4.79. The quantitative estimate of drug-likeness (QED) is 0.345. The van der Waals surface area contributed by atoms with Gasteiger partial charge in [-0.15, -0.1) is 0 Å². The van der Waals surface area contributed by atoms with Crippen LogP contribution in [0.15, 0.2) is 12.1 Å². The summed E-state index contributed by atoms with van der Waals surface area (Å²) in [6.07, 6.45) is 0. The third kappa shape index (κ3) is 2.22. The highest BCUT2D eigenvalue weighted by atomic mass is 16.4. The first-order valence-electron chi connectivity index (χ1n) is 4.16. The fraction of sp³-hybridized carbons (Fsp3) is 0. The van der Waals surface area contributed by atoms with Crippen LogP contribution in [0.1, 0.15) is 0 Å². The van der Waals surface area contributed by atoms with Gasteiger partial charge in [-0.2, -0.15) is 0 Å². The first-order valence-corrected chi connectivity index (χ1v) is 4.16. The maximum Gasteiger partial charge on any atom is 0.476 e. The molecular formula is C8H6B2N2O4. The van der Waals surface area contributed by atoms with E-state index < -0.39 is 14.2 Å². The highest BCUT2D eigenvalue weighted by Gasteiger charge is 2.23. The van der Waals surface area contributed by atoms with Crippen LogP contribution in [0.5, 0.6) is 0 Å². The highest BCUT2D eigenvalue weighted by molar-refractivity contribution is 6.65. The molecule has 1 rings (SSSR count). The van der Waals surface area contributed by atoms with E-state index in [0.717, 1.165) is 12.1 Å². The predicted octanol–water partition coefficient (Wildman–Crippen LogP) is -1.85. The molecule has 0 spiro atoms. The molecule has 8 heteroatoms. The average Bonchev–Trinajstić information content (AvgIpc) is 2.26. The Hall–Kier alpha value is -1.83. The monoisotopic (exact) mass is 216 g/mol. The molecule has 4 N–H and O–H groups in total. The lowest BCUT2D eigenvalue weighted by molar-refractivity contribution is 0.425. The van der Waals surface area contributed by atoms with Crippen molar-refractivity contribution in [2.75, 3.05) is 0 Å². The van der Waals surface area contributed by atoms with Crippen LogP contribution in [0.3, 0.4) is 0 Å². The molecule has 0 aliphatic heterocycles. The summed E-state index contributed by atoms with van der Waals surface area (Å²) in [5, 5.41) is 35.9. The second-order valence-corrected chi connectivity index (χ2v) is 2.94. The zero-order valence-electron chi connectivity index (χ0n) is 7.99. The summed E-state index contributed by atoms with van der Waals surface area (Å²) in [6.45, 7) is 13.6. The van der Waals surface area contributed by atoms with Crippen LogP contribution in [0.2, 0.25) is 0 Å². The van der Waals surface area contributed by atoms with Crippen molar-refractivity contribution < 1.29 is 20.1 Å². The molecule has 78 valence electrons. The third-order valence-corrected chi connectivity index (χ3v) is 1.97. The zero-order chi connectivity index (χ0) is 12.3. The van der Waals surface area contributed by atoms with Gasteiger partial charge in [-0.25, -0.2) is 9.69 Å². The van der Waals surface area contributed by atoms with E-state index in [1.54, 1.807) is 0 Å². The topological polar surface area (TPSA) is 89.6 Å². The van der Waals surface area contributed by atoms with Gasteiger partial charge in [0.25, 0.3) is 0 Å². The Morgan fingerprint density at radius 3 is 1.44 bits per heavy atom. The van der Waals surface area contributed by atoms with Crippen molar-refractivity contribution in [1.29, 1.82) is 0 Å². The van der Waals surface area contributed by atoms with Crippen LogP contribution in [-0.2, 0) is 0 Å². The van der Waals surface area contributed by atoms with Crippen LogP contribution in [0, 0.1) is 13.1 Å². The first-order chi connectivity index (χ1) is 7.51. The fourth-order valence-electron chi connectivity index (χ4n) is 1.22. The number of benzene rings is 1. The Morgan fingerprint density at radius 1 is 0.812 bits per heavy atom. The molecule has 0 aromatic heterocycles. The van der Waals surface area contributed by atoms with Gasteiger partial charge in [-0.1, -0.05) is 12.1 Å². The van der Waals surface area contributed by atoms with Crippen molar-refractivity contribution in [3.63, 3.8) is 0 Å². The van der Waals surface area contributed by atoms with Gasteiger partial charge < -0.3 is 20.1 Å². The third-order valence-electron chi connectivity index (χ3n) is 1.97. The Balaban J connectivity index is 3.50. The van der Waals surface area contributed by atoms with Crippen LogP contribution in [0.25, 0.3) is 9.69 Å². The Morgan fingerprint density at radius 2 is 1.19 bits per heavy atom. The fourth-order valence-corrected chi connectivity index (χ4v) is 1.22. The predicted molar refractivity (Wildman–Crippen MR) is 58.6 cm³/mol. The molecule has 0 heterocycles. The lowest BCUT2D eigenvalue weighted by atomic mass is 9.71. The Bertz CT molecular complexity index is 449. The van der Waals surface area contributed by atoms with E-state index in [0.29, 0.717) is 0 Å². The van der Waals surface area contributed by atoms with Crippen LogP contribution < -0.4 is 10.9 Å². The molecule has 0 amide bonds. The minimum absolute atomic E-state index is 0.106. The molecular weight excluding hydrogens is 210 g/mol. The summed E-state index contributed by atoms with van der Waals surface area (Å²) in [7, 11) is -3.80. The van der Waals surface area contributed by atoms with Crippen molar-refractivity contribution in [2.24, 2.45) is 0 Å². The molecule has 1 aromatic rings. The molecule has 0 saturated heterocycles. The molecule has 0 bridgehead atoms. The molecule has 1 aromatic carbocycles. The molecule has 0 aliphatic carbocycles. The summed E-state index contributed by atoms with van der Waals surface area (Å²) >= 11 is 0. The maximum atomic E-state index is 8.98. The van der Waals surface area contributed by atoms with Crippen molar-refractivity contribution >= 4 is 36.5 Å². The van der Waals surface area contributed by atoms with Gasteiger partial charge in [0, 0.05) is 0 Å². The van der Waals surface area contributed by atoms with E-state index in [1.807, 2.05) is 0 Å². The molecule has 0 fully saturated rings. The summed E-state index contributed by atoms with van der Waals surface area (Å²) in [5.41, 5.74) is -0.535. The van der Waals surface area contributed by atoms with Crippen molar-refractivity contribution in [3.05, 3.63) is 35.0 Å². The number of hydrogen-bond donors (Lipinski definition) is 4. The lowest BCUT2D eigenvalue weighted by Gasteiger charge is -2.08. The normalized spacial score (nSPS) is 9.12. The number of nitrogens with zero attached hydrogens (tertiary/aromatic N) is 2. The van der Waals surface area contributed by atoms with Crippen molar-refractivity contribution in [2.45, 2.75) is 0 Å². The van der Waals surface area contributed by atoms with Gasteiger partial charge in [0.05, 0.1) is 13.1 Å². The Kier molecular flexibility index (Phi) is 3.67. The van der Waals surface area contributed by atoms with Gasteiger partial charge in [0.15, 0.2) is 11.4 Å². The number of rotatable bonds is 2. The molecule has 16 heavy (non-hydrogen) atoms. The summed E-state index contributed by atoms with van der Waals surface area (Å²) in [5.74, 6) is 0. The summed E-state index contributed by atoms with van der Waals surface area (Å²) < 4.78 is 0. The van der Waals surface area contributed by atoms with Crippen LogP contribution >= 0.6 is 0 Å². The van der Waals surface area contributed by atoms with Gasteiger partial charge in [0.1, 0.15) is 0 Å². The molecule has 0 atom stereocenters. The van der Waals surface area contributed by atoms with Gasteiger partial charge in [-0.05, 0) is 10.9 Å². The van der Waals surface area contributed by atoms with Crippen LogP contribution in [-0.4, -0.2) is 34.3 Å². The van der Waals surface area contributed by atoms with E-state index in [2.05, 4.69) is 9.69 Å². The summed E-state index contributed by atoms with van der Waals surface area (Å²) in [6, 6.07) is 2.11. The highest BCUT2D eigenvalue weighted by Crippen LogP contribution is 2.17.